The highest BCUT2D eigenvalue weighted by Gasteiger charge is 2.31. The monoisotopic (exact) mass is 405 g/mol. The third kappa shape index (κ3) is 4.17. The highest BCUT2D eigenvalue weighted by molar-refractivity contribution is 5.75. The molecule has 3 aromatic rings. The molecule has 5 nitrogen and oxygen atoms in total. The minimum Gasteiger partial charge on any atom is -0.406 e. The fraction of sp³-hybridized carbons (Fsp3) is 0.381. The Hall–Kier alpha value is -2.74. The largest absolute Gasteiger partial charge is 0.573 e. The topological polar surface area (TPSA) is 50.3 Å². The van der Waals surface area contributed by atoms with Crippen molar-refractivity contribution < 1.29 is 17.9 Å². The molecule has 8 heteroatoms. The summed E-state index contributed by atoms with van der Waals surface area (Å²) in [6, 6.07) is 13.9. The summed E-state index contributed by atoms with van der Waals surface area (Å²) < 4.78 is 42.7. The van der Waals surface area contributed by atoms with Crippen LogP contribution in [0.4, 0.5) is 13.2 Å². The van der Waals surface area contributed by atoms with Crippen molar-refractivity contribution in [1.82, 2.24) is 14.5 Å². The number of aromatic amines is 1. The molecule has 4 rings (SSSR count). The van der Waals surface area contributed by atoms with E-state index in [4.69, 9.17) is 0 Å². The molecule has 0 saturated carbocycles. The maximum absolute atomic E-state index is 12.4. The van der Waals surface area contributed by atoms with Gasteiger partial charge in [-0.2, -0.15) is 0 Å². The number of H-pyrrole nitrogens is 1. The predicted octanol–water partition coefficient (Wildman–Crippen LogP) is 4.63. The summed E-state index contributed by atoms with van der Waals surface area (Å²) >= 11 is 0. The van der Waals surface area contributed by atoms with Gasteiger partial charge in [0, 0.05) is 25.2 Å². The van der Waals surface area contributed by atoms with E-state index < -0.39 is 6.36 Å². The summed E-state index contributed by atoms with van der Waals surface area (Å²) in [5.74, 6) is -0.217. The Bertz CT molecular complexity index is 1030. The van der Waals surface area contributed by atoms with Crippen LogP contribution in [0.3, 0.4) is 0 Å². The molecule has 0 aliphatic carbocycles. The first-order chi connectivity index (χ1) is 13.8. The molecule has 0 spiro atoms. The van der Waals surface area contributed by atoms with E-state index in [0.29, 0.717) is 0 Å². The highest BCUT2D eigenvalue weighted by atomic mass is 19.4. The molecular formula is C21H22F3N3O2. The lowest BCUT2D eigenvalue weighted by atomic mass is 10.00. The smallest absolute Gasteiger partial charge is 0.406 e. The maximum Gasteiger partial charge on any atom is 0.573 e. The van der Waals surface area contributed by atoms with Crippen LogP contribution in [0.25, 0.3) is 11.0 Å². The number of halogens is 3. The molecular weight excluding hydrogens is 383 g/mol. The van der Waals surface area contributed by atoms with E-state index in [9.17, 15) is 18.0 Å². The van der Waals surface area contributed by atoms with Gasteiger partial charge in [0.1, 0.15) is 5.75 Å². The van der Waals surface area contributed by atoms with Gasteiger partial charge in [0.05, 0.1) is 11.0 Å². The molecule has 29 heavy (non-hydrogen) atoms. The summed E-state index contributed by atoms with van der Waals surface area (Å²) in [7, 11) is 0. The molecule has 1 fully saturated rings. The molecule has 1 saturated heterocycles. The number of benzene rings is 2. The van der Waals surface area contributed by atoms with Crippen LogP contribution in [0.15, 0.2) is 53.3 Å². The number of nitrogens with one attached hydrogen (secondary N) is 1. The standard InChI is InChI=1S/C21H22F3N3O2/c1-14(15-6-8-17(9-7-15)29-21(22,23)24)26-12-10-16(11-13-26)27-19-5-3-2-4-18(19)25-20(27)28/h2-9,14,16H,10-13H2,1H3,(H,25,28). The van der Waals surface area contributed by atoms with Crippen LogP contribution in [-0.4, -0.2) is 33.9 Å². The van der Waals surface area contributed by atoms with Gasteiger partial charge >= 0.3 is 12.1 Å². The molecule has 2 heterocycles. The lowest BCUT2D eigenvalue weighted by Crippen LogP contribution is -2.38. The Morgan fingerprint density at radius 2 is 1.72 bits per heavy atom. The van der Waals surface area contributed by atoms with Crippen LogP contribution in [0.1, 0.15) is 37.4 Å². The molecule has 2 aromatic carbocycles. The average Bonchev–Trinajstić information content (AvgIpc) is 3.02. The van der Waals surface area contributed by atoms with E-state index in [1.54, 1.807) is 12.1 Å². The Balaban J connectivity index is 1.43. The van der Waals surface area contributed by atoms with Crippen LogP contribution in [0, 0.1) is 0 Å². The summed E-state index contributed by atoms with van der Waals surface area (Å²) in [4.78, 5) is 17.6. The normalized spacial score (nSPS) is 17.5. The van der Waals surface area contributed by atoms with Crippen molar-refractivity contribution in [2.45, 2.75) is 38.2 Å². The number of ether oxygens (including phenoxy) is 1. The Labute approximate surface area is 165 Å². The van der Waals surface area contributed by atoms with E-state index in [1.807, 2.05) is 35.8 Å². The lowest BCUT2D eigenvalue weighted by Gasteiger charge is -2.36. The zero-order chi connectivity index (χ0) is 20.6. The molecule has 0 bridgehead atoms. The molecule has 1 N–H and O–H groups in total. The van der Waals surface area contributed by atoms with Gasteiger partial charge in [-0.15, -0.1) is 13.2 Å². The van der Waals surface area contributed by atoms with Gasteiger partial charge in [0.2, 0.25) is 0 Å². The highest BCUT2D eigenvalue weighted by Crippen LogP contribution is 2.31. The van der Waals surface area contributed by atoms with Crippen LogP contribution in [0.2, 0.25) is 0 Å². The van der Waals surface area contributed by atoms with Crippen molar-refractivity contribution >= 4 is 11.0 Å². The third-order valence-corrected chi connectivity index (χ3v) is 5.63. The minimum atomic E-state index is -4.69. The number of fused-ring (bicyclic) bond motifs is 1. The molecule has 0 radical (unpaired) electrons. The summed E-state index contributed by atoms with van der Waals surface area (Å²) in [6.45, 7) is 3.65. The first-order valence-corrected chi connectivity index (χ1v) is 9.61. The first-order valence-electron chi connectivity index (χ1n) is 9.61. The van der Waals surface area contributed by atoms with Gasteiger partial charge < -0.3 is 9.72 Å². The molecule has 1 unspecified atom stereocenters. The van der Waals surface area contributed by atoms with Crippen molar-refractivity contribution in [2.75, 3.05) is 13.1 Å². The van der Waals surface area contributed by atoms with E-state index in [1.165, 1.54) is 12.1 Å². The molecule has 154 valence electrons. The zero-order valence-corrected chi connectivity index (χ0v) is 15.9. The van der Waals surface area contributed by atoms with Crippen LogP contribution >= 0.6 is 0 Å². The predicted molar refractivity (Wildman–Crippen MR) is 104 cm³/mol. The second-order valence-corrected chi connectivity index (χ2v) is 7.38. The summed E-state index contributed by atoms with van der Waals surface area (Å²) in [6.07, 6.45) is -3.02. The Morgan fingerprint density at radius 1 is 1.07 bits per heavy atom. The number of hydrogen-bond acceptors (Lipinski definition) is 3. The second kappa shape index (κ2) is 7.59. The van der Waals surface area contributed by atoms with Gasteiger partial charge in [0.25, 0.3) is 0 Å². The number of aromatic nitrogens is 2. The number of imidazole rings is 1. The minimum absolute atomic E-state index is 0.0653. The Morgan fingerprint density at radius 3 is 2.38 bits per heavy atom. The van der Waals surface area contributed by atoms with E-state index in [0.717, 1.165) is 42.5 Å². The number of alkyl halides is 3. The van der Waals surface area contributed by atoms with Crippen LogP contribution < -0.4 is 10.4 Å². The zero-order valence-electron chi connectivity index (χ0n) is 15.9. The van der Waals surface area contributed by atoms with E-state index >= 15 is 0 Å². The number of para-hydroxylation sites is 2. The second-order valence-electron chi connectivity index (χ2n) is 7.38. The Kier molecular flexibility index (Phi) is 5.12. The van der Waals surface area contributed by atoms with Crippen LogP contribution in [-0.2, 0) is 0 Å². The summed E-state index contributed by atoms with van der Waals surface area (Å²) in [5.41, 5.74) is 2.61. The first kappa shape index (κ1) is 19.6. The van der Waals surface area contributed by atoms with Crippen molar-refractivity contribution in [3.05, 3.63) is 64.6 Å². The number of hydrogen-bond donors (Lipinski definition) is 1. The van der Waals surface area contributed by atoms with Gasteiger partial charge in [-0.3, -0.25) is 9.47 Å². The fourth-order valence-electron chi connectivity index (χ4n) is 4.13. The van der Waals surface area contributed by atoms with Crippen molar-refractivity contribution in [3.8, 4) is 5.75 Å². The maximum atomic E-state index is 12.4. The summed E-state index contributed by atoms with van der Waals surface area (Å²) in [5, 5.41) is 0. The van der Waals surface area contributed by atoms with E-state index in [2.05, 4.69) is 14.6 Å². The fourth-order valence-corrected chi connectivity index (χ4v) is 4.13. The molecule has 1 atom stereocenters. The van der Waals surface area contributed by atoms with Gasteiger partial charge in [-0.05, 0) is 49.6 Å². The van der Waals surface area contributed by atoms with Crippen molar-refractivity contribution in [2.24, 2.45) is 0 Å². The van der Waals surface area contributed by atoms with Gasteiger partial charge in [0.15, 0.2) is 0 Å². The number of nitrogens with zero attached hydrogens (tertiary/aromatic N) is 2. The van der Waals surface area contributed by atoms with Crippen molar-refractivity contribution in [3.63, 3.8) is 0 Å². The average molecular weight is 405 g/mol. The van der Waals surface area contributed by atoms with E-state index in [-0.39, 0.29) is 23.5 Å². The quantitative estimate of drug-likeness (QED) is 0.689. The number of rotatable bonds is 4. The third-order valence-electron chi connectivity index (χ3n) is 5.63. The SMILES string of the molecule is CC(c1ccc(OC(F)(F)F)cc1)N1CCC(n2c(=O)[nH]c3ccccc32)CC1. The molecule has 1 aromatic heterocycles. The molecule has 1 aliphatic heterocycles. The van der Waals surface area contributed by atoms with Gasteiger partial charge in [-0.25, -0.2) is 4.79 Å². The van der Waals surface area contributed by atoms with Gasteiger partial charge in [-0.1, -0.05) is 24.3 Å². The number of likely N-dealkylation sites (tertiary alicyclic amines) is 1. The van der Waals surface area contributed by atoms with Crippen molar-refractivity contribution in [1.29, 1.82) is 0 Å². The molecule has 0 amide bonds. The molecule has 1 aliphatic rings. The van der Waals surface area contributed by atoms with Crippen LogP contribution in [0.5, 0.6) is 5.75 Å². The number of piperidine rings is 1. The lowest BCUT2D eigenvalue weighted by molar-refractivity contribution is -0.274.